The van der Waals surface area contributed by atoms with E-state index in [0.717, 1.165) is 59.5 Å². The Balaban J connectivity index is 1.21. The number of hydrogen-bond donors (Lipinski definition) is 1. The summed E-state index contributed by atoms with van der Waals surface area (Å²) in [7, 11) is 1.66. The van der Waals surface area contributed by atoms with Crippen LogP contribution in [0.3, 0.4) is 0 Å². The second-order valence-corrected chi connectivity index (χ2v) is 10.3. The van der Waals surface area contributed by atoms with Crippen molar-refractivity contribution in [3.05, 3.63) is 41.3 Å². The van der Waals surface area contributed by atoms with Crippen LogP contribution in [0.2, 0.25) is 0 Å². The lowest BCUT2D eigenvalue weighted by molar-refractivity contribution is -0.140. The minimum atomic E-state index is 0.0358. The number of thiophene rings is 1. The highest BCUT2D eigenvalue weighted by Gasteiger charge is 2.43. The highest BCUT2D eigenvalue weighted by molar-refractivity contribution is 7.19. The third-order valence-electron chi connectivity index (χ3n) is 7.37. The molecule has 4 aromatic rings. The van der Waals surface area contributed by atoms with Crippen molar-refractivity contribution in [1.82, 2.24) is 24.5 Å². The van der Waals surface area contributed by atoms with Gasteiger partial charge in [0.05, 0.1) is 43.1 Å². The Morgan fingerprint density at radius 2 is 2.26 bits per heavy atom. The predicted octanol–water partition coefficient (Wildman–Crippen LogP) is 3.20. The molecule has 6 heterocycles. The van der Waals surface area contributed by atoms with Crippen LogP contribution < -0.4 is 10.1 Å². The summed E-state index contributed by atoms with van der Waals surface area (Å²) in [4.78, 5) is 26.7. The monoisotopic (exact) mass is 476 g/mol. The Labute approximate surface area is 199 Å². The van der Waals surface area contributed by atoms with Gasteiger partial charge in [-0.05, 0) is 43.4 Å². The lowest BCUT2D eigenvalue weighted by atomic mass is 9.86. The van der Waals surface area contributed by atoms with Crippen LogP contribution in [-0.4, -0.2) is 62.8 Å². The van der Waals surface area contributed by atoms with Gasteiger partial charge in [-0.15, -0.1) is 11.3 Å². The van der Waals surface area contributed by atoms with Crippen LogP contribution in [0.1, 0.15) is 23.3 Å². The van der Waals surface area contributed by atoms with Gasteiger partial charge in [0.15, 0.2) is 5.75 Å². The van der Waals surface area contributed by atoms with Gasteiger partial charge in [0.1, 0.15) is 22.5 Å². The van der Waals surface area contributed by atoms with Gasteiger partial charge in [-0.3, -0.25) is 4.79 Å². The first-order valence-corrected chi connectivity index (χ1v) is 12.5. The Morgan fingerprint density at radius 1 is 1.32 bits per heavy atom. The summed E-state index contributed by atoms with van der Waals surface area (Å²) in [6, 6.07) is 4.13. The van der Waals surface area contributed by atoms with Gasteiger partial charge in [-0.1, -0.05) is 0 Å². The summed E-state index contributed by atoms with van der Waals surface area (Å²) < 4.78 is 13.2. The average Bonchev–Trinajstić information content (AvgIpc) is 3.66. The standard InChI is InChI=1S/C24H24N6O3S/c1-32-21-17(5-7-30-18(21)4-6-27-30)28-22-20-16-3-2-13(8-19(16)34-23(20)26-12-25-22)24(31)29-10-15-9-14(29)11-33-15/h4-7,12-15H,2-3,8-11H2,1H3,(H,25,26,28)/t13-,14+,15+/m0/s1. The summed E-state index contributed by atoms with van der Waals surface area (Å²) in [5.41, 5.74) is 2.97. The van der Waals surface area contributed by atoms with Crippen LogP contribution in [-0.2, 0) is 22.4 Å². The first-order chi connectivity index (χ1) is 16.7. The number of fused-ring (bicyclic) bond motifs is 6. The van der Waals surface area contributed by atoms with Gasteiger partial charge < -0.3 is 19.7 Å². The van der Waals surface area contributed by atoms with Crippen molar-refractivity contribution in [3.63, 3.8) is 0 Å². The number of pyridine rings is 1. The molecule has 1 amide bonds. The molecule has 1 aliphatic carbocycles. The molecule has 0 saturated carbocycles. The van der Waals surface area contributed by atoms with Gasteiger partial charge in [0.25, 0.3) is 0 Å². The van der Waals surface area contributed by atoms with Crippen LogP contribution in [0.4, 0.5) is 11.5 Å². The fraction of sp³-hybridized carbons (Fsp3) is 0.417. The molecular weight excluding hydrogens is 452 g/mol. The number of likely N-dealkylation sites (tertiary alicyclic amines) is 1. The van der Waals surface area contributed by atoms with Crippen LogP contribution >= 0.6 is 11.3 Å². The quantitative estimate of drug-likeness (QED) is 0.483. The molecule has 9 nitrogen and oxygen atoms in total. The van der Waals surface area contributed by atoms with E-state index in [4.69, 9.17) is 9.47 Å². The fourth-order valence-electron chi connectivity index (χ4n) is 5.73. The Bertz CT molecular complexity index is 1430. The Kier molecular flexibility index (Phi) is 4.53. The number of rotatable bonds is 4. The topological polar surface area (TPSA) is 93.9 Å². The predicted molar refractivity (Wildman–Crippen MR) is 128 cm³/mol. The molecule has 2 bridgehead atoms. The zero-order valence-corrected chi connectivity index (χ0v) is 19.5. The smallest absolute Gasteiger partial charge is 0.226 e. The van der Waals surface area contributed by atoms with Gasteiger partial charge in [0, 0.05) is 23.5 Å². The average molecular weight is 477 g/mol. The van der Waals surface area contributed by atoms with E-state index in [9.17, 15) is 4.79 Å². The highest BCUT2D eigenvalue weighted by Crippen LogP contribution is 2.42. The number of methoxy groups -OCH3 is 1. The molecule has 0 radical (unpaired) electrons. The molecular formula is C24H24N6O3S. The molecule has 3 aliphatic rings. The van der Waals surface area contributed by atoms with Crippen LogP contribution in [0.15, 0.2) is 30.9 Å². The van der Waals surface area contributed by atoms with Crippen molar-refractivity contribution >= 4 is 44.5 Å². The largest absolute Gasteiger partial charge is 0.492 e. The van der Waals surface area contributed by atoms with Crippen molar-refractivity contribution in [1.29, 1.82) is 0 Å². The fourth-order valence-corrected chi connectivity index (χ4v) is 7.00. The SMILES string of the molecule is COc1c(Nc2ncnc3sc4c(c23)CC[C@H](C(=O)N2C[C@H]3C[C@@H]2CO3)C4)ccn2nccc12. The van der Waals surface area contributed by atoms with E-state index in [0.29, 0.717) is 18.3 Å². The van der Waals surface area contributed by atoms with Crippen molar-refractivity contribution < 1.29 is 14.3 Å². The van der Waals surface area contributed by atoms with Crippen molar-refractivity contribution in [3.8, 4) is 5.75 Å². The van der Waals surface area contributed by atoms with E-state index in [2.05, 4.69) is 25.3 Å². The molecule has 10 heteroatoms. The summed E-state index contributed by atoms with van der Waals surface area (Å²) >= 11 is 1.69. The number of carbonyl (C=O) groups is 1. The zero-order chi connectivity index (χ0) is 22.8. The maximum absolute atomic E-state index is 13.3. The summed E-state index contributed by atoms with van der Waals surface area (Å²) in [6.45, 7) is 1.44. The van der Waals surface area contributed by atoms with E-state index < -0.39 is 0 Å². The maximum Gasteiger partial charge on any atom is 0.226 e. The molecule has 0 unspecified atom stereocenters. The number of nitrogens with zero attached hydrogens (tertiary/aromatic N) is 5. The molecule has 2 saturated heterocycles. The Hall–Kier alpha value is -3.24. The second-order valence-electron chi connectivity index (χ2n) is 9.23. The van der Waals surface area contributed by atoms with Gasteiger partial charge >= 0.3 is 0 Å². The zero-order valence-electron chi connectivity index (χ0n) is 18.7. The second kappa shape index (κ2) is 7.64. The van der Waals surface area contributed by atoms with Crippen LogP contribution in [0, 0.1) is 5.92 Å². The normalized spacial score (nSPS) is 23.6. The molecule has 3 atom stereocenters. The third-order valence-corrected chi connectivity index (χ3v) is 8.53. The number of hydrogen-bond acceptors (Lipinski definition) is 8. The van der Waals surface area contributed by atoms with Gasteiger partial charge in [0.2, 0.25) is 5.91 Å². The minimum absolute atomic E-state index is 0.0358. The minimum Gasteiger partial charge on any atom is -0.492 e. The number of amides is 1. The van der Waals surface area contributed by atoms with E-state index in [1.54, 1.807) is 35.5 Å². The van der Waals surface area contributed by atoms with E-state index in [-0.39, 0.29) is 18.1 Å². The van der Waals surface area contributed by atoms with Gasteiger partial charge in [-0.2, -0.15) is 5.10 Å². The number of aromatic nitrogens is 4. The van der Waals surface area contributed by atoms with Crippen LogP contribution in [0.25, 0.3) is 15.7 Å². The number of carbonyl (C=O) groups excluding carboxylic acids is 1. The molecule has 174 valence electrons. The van der Waals surface area contributed by atoms with Crippen LogP contribution in [0.5, 0.6) is 5.75 Å². The number of ether oxygens (including phenoxy) is 2. The molecule has 0 aromatic carbocycles. The molecule has 4 aromatic heterocycles. The lowest BCUT2D eigenvalue weighted by Gasteiger charge is -2.32. The number of anilines is 2. The van der Waals surface area contributed by atoms with E-state index in [1.807, 2.05) is 18.3 Å². The first kappa shape index (κ1) is 20.2. The molecule has 34 heavy (non-hydrogen) atoms. The van der Waals surface area contributed by atoms with Gasteiger partial charge in [-0.25, -0.2) is 14.5 Å². The highest BCUT2D eigenvalue weighted by atomic mass is 32.1. The number of nitrogens with one attached hydrogen (secondary N) is 1. The molecule has 2 fully saturated rings. The van der Waals surface area contributed by atoms with Crippen molar-refractivity contribution in [2.45, 2.75) is 37.8 Å². The third kappa shape index (κ3) is 3.01. The molecule has 0 spiro atoms. The molecule has 1 N–H and O–H groups in total. The summed E-state index contributed by atoms with van der Waals surface area (Å²) in [6.07, 6.45) is 8.95. The maximum atomic E-state index is 13.3. The summed E-state index contributed by atoms with van der Waals surface area (Å²) in [5, 5.41) is 8.82. The van der Waals surface area contributed by atoms with Crippen molar-refractivity contribution in [2.75, 3.05) is 25.6 Å². The van der Waals surface area contributed by atoms with Crippen molar-refractivity contribution in [2.24, 2.45) is 5.92 Å². The summed E-state index contributed by atoms with van der Waals surface area (Å²) in [5.74, 6) is 1.81. The first-order valence-electron chi connectivity index (χ1n) is 11.6. The van der Waals surface area contributed by atoms with E-state index >= 15 is 0 Å². The lowest BCUT2D eigenvalue weighted by Crippen LogP contribution is -2.45. The Morgan fingerprint density at radius 3 is 3.09 bits per heavy atom. The molecule has 2 aliphatic heterocycles. The number of aryl methyl sites for hydroxylation is 1. The van der Waals surface area contributed by atoms with E-state index in [1.165, 1.54) is 10.4 Å². The molecule has 7 rings (SSSR count). The number of morpholine rings is 1.